The van der Waals surface area contributed by atoms with Gasteiger partial charge in [0.05, 0.1) is 43.1 Å². The number of rotatable bonds is 9. The molecule has 4 aromatic rings. The fourth-order valence-electron chi connectivity index (χ4n) is 4.61. The van der Waals surface area contributed by atoms with Gasteiger partial charge in [0.25, 0.3) is 0 Å². The highest BCUT2D eigenvalue weighted by molar-refractivity contribution is 7.90. The number of piperazine rings is 1. The van der Waals surface area contributed by atoms with E-state index in [1.165, 1.54) is 24.3 Å². The Morgan fingerprint density at radius 2 is 1.83 bits per heavy atom. The molecule has 1 saturated heterocycles. The molecule has 0 saturated carbocycles. The van der Waals surface area contributed by atoms with Crippen molar-refractivity contribution in [2.24, 2.45) is 0 Å². The monoisotopic (exact) mass is 576 g/mol. The molecule has 0 atom stereocenters. The van der Waals surface area contributed by atoms with Gasteiger partial charge < -0.3 is 24.2 Å². The van der Waals surface area contributed by atoms with Crippen LogP contribution in [0.5, 0.6) is 17.2 Å². The summed E-state index contributed by atoms with van der Waals surface area (Å²) in [5.74, 6) is 0.144. The normalized spacial score (nSPS) is 15.0. The van der Waals surface area contributed by atoms with Gasteiger partial charge in [-0.25, -0.2) is 17.8 Å². The Labute approximate surface area is 237 Å². The number of aromatic nitrogens is 2. The molecule has 41 heavy (non-hydrogen) atoms. The first kappa shape index (κ1) is 27.9. The molecule has 0 unspecified atom stereocenters. The van der Waals surface area contributed by atoms with E-state index in [4.69, 9.17) is 4.74 Å². The predicted molar refractivity (Wildman–Crippen MR) is 153 cm³/mol. The lowest BCUT2D eigenvalue weighted by molar-refractivity contribution is -0.120. The SMILES string of the molecule is CS(=O)(=O)C/C=C1/CN(c2ccccc2Oc2cccc(O)c2)C(=O)CN1Cc1cncn1Cc1cccc(F)c1. The van der Waals surface area contributed by atoms with E-state index in [2.05, 4.69) is 4.98 Å². The number of hydrogen-bond acceptors (Lipinski definition) is 7. The van der Waals surface area contributed by atoms with Crippen LogP contribution < -0.4 is 9.64 Å². The lowest BCUT2D eigenvalue weighted by Gasteiger charge is -2.38. The Hall–Kier alpha value is -4.64. The van der Waals surface area contributed by atoms with Crippen LogP contribution in [0.4, 0.5) is 10.1 Å². The number of benzene rings is 3. The number of amides is 1. The number of phenolic OH excluding ortho intramolecular Hbond substituents is 1. The minimum absolute atomic E-state index is 0.0127. The molecule has 2 heterocycles. The number of aromatic hydroxyl groups is 1. The summed E-state index contributed by atoms with van der Waals surface area (Å²) in [5, 5.41) is 9.83. The Morgan fingerprint density at radius 3 is 2.61 bits per heavy atom. The largest absolute Gasteiger partial charge is 0.508 e. The molecule has 0 radical (unpaired) electrons. The van der Waals surface area contributed by atoms with Crippen LogP contribution >= 0.6 is 0 Å². The number of hydrogen-bond donors (Lipinski definition) is 1. The second kappa shape index (κ2) is 11.8. The van der Waals surface area contributed by atoms with Crippen molar-refractivity contribution >= 4 is 21.4 Å². The van der Waals surface area contributed by atoms with E-state index in [1.807, 2.05) is 15.5 Å². The minimum atomic E-state index is -3.32. The van der Waals surface area contributed by atoms with Gasteiger partial charge in [-0.05, 0) is 48.0 Å². The van der Waals surface area contributed by atoms with Gasteiger partial charge in [0.2, 0.25) is 5.91 Å². The molecule has 1 fully saturated rings. The Kier molecular flexibility index (Phi) is 8.06. The first-order valence-corrected chi connectivity index (χ1v) is 14.9. The maximum atomic E-state index is 13.7. The third-order valence-corrected chi connectivity index (χ3v) is 7.34. The molecule has 5 rings (SSSR count). The molecule has 0 bridgehead atoms. The summed E-state index contributed by atoms with van der Waals surface area (Å²) in [5.41, 5.74) is 2.72. The third-order valence-electron chi connectivity index (χ3n) is 6.57. The van der Waals surface area contributed by atoms with Gasteiger partial charge in [-0.2, -0.15) is 0 Å². The van der Waals surface area contributed by atoms with Gasteiger partial charge in [-0.3, -0.25) is 4.79 Å². The number of nitrogens with zero attached hydrogens (tertiary/aromatic N) is 4. The quantitative estimate of drug-likeness (QED) is 0.316. The average molecular weight is 577 g/mol. The van der Waals surface area contributed by atoms with Crippen molar-refractivity contribution < 1.29 is 27.4 Å². The lowest BCUT2D eigenvalue weighted by Crippen LogP contribution is -2.49. The Balaban J connectivity index is 1.42. The van der Waals surface area contributed by atoms with Gasteiger partial charge in [0.15, 0.2) is 15.6 Å². The predicted octanol–water partition coefficient (Wildman–Crippen LogP) is 4.35. The fourth-order valence-corrected chi connectivity index (χ4v) is 5.10. The molecule has 212 valence electrons. The first-order chi connectivity index (χ1) is 19.6. The average Bonchev–Trinajstić information content (AvgIpc) is 3.34. The summed E-state index contributed by atoms with van der Waals surface area (Å²) in [6.07, 6.45) is 6.11. The number of carbonyl (C=O) groups is 1. The smallest absolute Gasteiger partial charge is 0.246 e. The minimum Gasteiger partial charge on any atom is -0.508 e. The van der Waals surface area contributed by atoms with Crippen LogP contribution in [0, 0.1) is 5.82 Å². The Bertz CT molecular complexity index is 1700. The summed E-state index contributed by atoms with van der Waals surface area (Å²) in [4.78, 5) is 21.2. The number of anilines is 1. The highest BCUT2D eigenvalue weighted by atomic mass is 32.2. The van der Waals surface area contributed by atoms with Gasteiger partial charge >= 0.3 is 0 Å². The van der Waals surface area contributed by atoms with E-state index in [0.29, 0.717) is 36.0 Å². The van der Waals surface area contributed by atoms with Crippen molar-refractivity contribution in [2.45, 2.75) is 13.1 Å². The molecular weight excluding hydrogens is 547 g/mol. The van der Waals surface area contributed by atoms with Crippen LogP contribution in [0.3, 0.4) is 0 Å². The summed E-state index contributed by atoms with van der Waals surface area (Å²) in [6, 6.07) is 19.7. The summed E-state index contributed by atoms with van der Waals surface area (Å²) in [7, 11) is -3.32. The molecule has 9 nitrogen and oxygen atoms in total. The van der Waals surface area contributed by atoms with E-state index in [-0.39, 0.29) is 36.3 Å². The highest BCUT2D eigenvalue weighted by Crippen LogP contribution is 2.35. The second-order valence-corrected chi connectivity index (χ2v) is 12.0. The first-order valence-electron chi connectivity index (χ1n) is 12.9. The van der Waals surface area contributed by atoms with Crippen molar-refractivity contribution in [3.05, 3.63) is 114 Å². The molecule has 1 N–H and O–H groups in total. The molecule has 0 spiro atoms. The Morgan fingerprint density at radius 1 is 1.02 bits per heavy atom. The van der Waals surface area contributed by atoms with Crippen LogP contribution in [-0.4, -0.2) is 59.0 Å². The third kappa shape index (κ3) is 7.12. The zero-order valence-corrected chi connectivity index (χ0v) is 23.2. The maximum Gasteiger partial charge on any atom is 0.246 e. The number of sulfone groups is 1. The van der Waals surface area contributed by atoms with Crippen molar-refractivity contribution in [1.29, 1.82) is 0 Å². The van der Waals surface area contributed by atoms with E-state index in [1.54, 1.807) is 66.0 Å². The number of carbonyl (C=O) groups excluding carboxylic acids is 1. The van der Waals surface area contributed by atoms with Gasteiger partial charge in [-0.15, -0.1) is 0 Å². The molecular formula is C30H29FN4O5S. The van der Waals surface area contributed by atoms with Gasteiger partial charge in [0.1, 0.15) is 17.3 Å². The zero-order valence-electron chi connectivity index (χ0n) is 22.4. The number of imidazole rings is 1. The topological polar surface area (TPSA) is 105 Å². The zero-order chi connectivity index (χ0) is 29.0. The fraction of sp³-hybridized carbons (Fsp3) is 0.200. The molecule has 0 aliphatic carbocycles. The van der Waals surface area contributed by atoms with Crippen LogP contribution in [0.1, 0.15) is 11.3 Å². The summed E-state index contributed by atoms with van der Waals surface area (Å²) < 4.78 is 45.7. The number of phenols is 1. The summed E-state index contributed by atoms with van der Waals surface area (Å²) >= 11 is 0. The van der Waals surface area contributed by atoms with E-state index in [0.717, 1.165) is 17.5 Å². The number of para-hydroxylation sites is 2. The van der Waals surface area contributed by atoms with Crippen LogP contribution in [-0.2, 0) is 27.7 Å². The van der Waals surface area contributed by atoms with E-state index < -0.39 is 9.84 Å². The van der Waals surface area contributed by atoms with Crippen LogP contribution in [0.15, 0.2) is 97.1 Å². The molecule has 1 aliphatic rings. The van der Waals surface area contributed by atoms with E-state index in [9.17, 15) is 22.7 Å². The van der Waals surface area contributed by atoms with Crippen molar-refractivity contribution in [1.82, 2.24) is 14.5 Å². The van der Waals surface area contributed by atoms with Crippen LogP contribution in [0.2, 0.25) is 0 Å². The molecule has 11 heteroatoms. The highest BCUT2D eigenvalue weighted by Gasteiger charge is 2.31. The van der Waals surface area contributed by atoms with Gasteiger partial charge in [0, 0.05) is 30.8 Å². The second-order valence-electron chi connectivity index (χ2n) is 9.83. The van der Waals surface area contributed by atoms with E-state index >= 15 is 0 Å². The summed E-state index contributed by atoms with van der Waals surface area (Å²) in [6.45, 7) is 0.795. The lowest BCUT2D eigenvalue weighted by atomic mass is 10.1. The van der Waals surface area contributed by atoms with Crippen molar-refractivity contribution in [2.75, 3.05) is 30.0 Å². The standard InChI is InChI=1S/C30H29FN4O5S/c1-41(38,39)13-12-24-19-35(28-10-2-3-11-29(28)40-27-9-5-8-26(36)15-27)30(37)20-33(24)18-25-16-32-21-34(25)17-22-6-4-7-23(31)14-22/h2-12,14-16,21,36H,13,17-20H2,1H3/b24-12-. The van der Waals surface area contributed by atoms with Crippen molar-refractivity contribution in [3.8, 4) is 17.2 Å². The number of halogens is 1. The molecule has 1 amide bonds. The number of ether oxygens (including phenoxy) is 1. The van der Waals surface area contributed by atoms with Crippen LogP contribution in [0.25, 0.3) is 0 Å². The molecule has 1 aliphatic heterocycles. The molecule has 1 aromatic heterocycles. The van der Waals surface area contributed by atoms with Gasteiger partial charge in [-0.1, -0.05) is 30.3 Å². The molecule has 3 aromatic carbocycles. The maximum absolute atomic E-state index is 13.7. The van der Waals surface area contributed by atoms with Crippen molar-refractivity contribution in [3.63, 3.8) is 0 Å².